The number of rotatable bonds is 12. The zero-order valence-electron chi connectivity index (χ0n) is 13.1. The highest BCUT2D eigenvalue weighted by atomic mass is 31.2. The number of carbonyl (C=O) groups is 1. The van der Waals surface area contributed by atoms with Crippen LogP contribution in [0.25, 0.3) is 0 Å². The molecule has 22 heavy (non-hydrogen) atoms. The second-order valence-electron chi connectivity index (χ2n) is 3.55. The van der Waals surface area contributed by atoms with E-state index in [0.29, 0.717) is 13.2 Å². The summed E-state index contributed by atoms with van der Waals surface area (Å²) in [6.07, 6.45) is 1.60. The van der Waals surface area contributed by atoms with E-state index >= 15 is 0 Å². The molecule has 0 atom stereocenters. The number of nitrogens with zero attached hydrogens (tertiary/aromatic N) is 1. The van der Waals surface area contributed by atoms with Crippen LogP contribution in [-0.4, -0.2) is 51.9 Å². The van der Waals surface area contributed by atoms with E-state index in [-0.39, 0.29) is 19.8 Å². The van der Waals surface area contributed by atoms with E-state index in [1.165, 1.54) is 0 Å². The van der Waals surface area contributed by atoms with E-state index in [1.807, 2.05) is 0 Å². The largest absolute Gasteiger partial charge is 0.530 e. The van der Waals surface area contributed by atoms with Crippen molar-refractivity contribution >= 4 is 19.7 Å². The van der Waals surface area contributed by atoms with Crippen molar-refractivity contribution in [3.63, 3.8) is 0 Å². The zero-order chi connectivity index (χ0) is 16.8. The smallest absolute Gasteiger partial charge is 0.463 e. The Morgan fingerprint density at radius 3 is 2.45 bits per heavy atom. The first-order valence-corrected chi connectivity index (χ1v) is 8.14. The van der Waals surface area contributed by atoms with Crippen LogP contribution in [0.15, 0.2) is 23.4 Å². The molecule has 126 valence electrons. The van der Waals surface area contributed by atoms with Crippen LogP contribution in [0.5, 0.6) is 0 Å². The van der Waals surface area contributed by atoms with Gasteiger partial charge >= 0.3 is 13.8 Å². The first-order chi connectivity index (χ1) is 10.5. The molecule has 0 aliphatic carbocycles. The van der Waals surface area contributed by atoms with Crippen LogP contribution in [0.1, 0.15) is 13.8 Å². The molecule has 0 rings (SSSR count). The number of ether oxygens (including phenoxy) is 2. The number of hydrogen-bond acceptors (Lipinski definition) is 8. The molecule has 0 fully saturated rings. The molecule has 0 saturated carbocycles. The van der Waals surface area contributed by atoms with E-state index in [1.54, 1.807) is 19.9 Å². The summed E-state index contributed by atoms with van der Waals surface area (Å²) in [4.78, 5) is 15.4. The average Bonchev–Trinajstić information content (AvgIpc) is 2.49. The van der Waals surface area contributed by atoms with E-state index in [4.69, 9.17) is 18.3 Å². The van der Waals surface area contributed by atoms with Crippen LogP contribution in [0.4, 0.5) is 0 Å². The Morgan fingerprint density at radius 2 is 1.95 bits per heavy atom. The number of phosphoric ester groups is 1. The van der Waals surface area contributed by atoms with Gasteiger partial charge in [0.1, 0.15) is 0 Å². The van der Waals surface area contributed by atoms with E-state index < -0.39 is 19.6 Å². The lowest BCUT2D eigenvalue weighted by Gasteiger charge is -2.16. The Bertz CT molecular complexity index is 447. The summed E-state index contributed by atoms with van der Waals surface area (Å²) in [7, 11) is -2.77. The van der Waals surface area contributed by atoms with Gasteiger partial charge in [-0.1, -0.05) is 6.08 Å². The minimum atomic E-state index is -3.91. The Balaban J connectivity index is 4.95. The molecule has 9 heteroatoms. The van der Waals surface area contributed by atoms with Gasteiger partial charge in [0.15, 0.2) is 0 Å². The third-order valence-corrected chi connectivity index (χ3v) is 3.47. The Morgan fingerprint density at radius 1 is 1.32 bits per heavy atom. The van der Waals surface area contributed by atoms with Crippen molar-refractivity contribution in [3.05, 3.63) is 18.4 Å². The molecule has 0 aromatic carbocycles. The quantitative estimate of drug-likeness (QED) is 0.103. The fourth-order valence-electron chi connectivity index (χ4n) is 1.12. The molecule has 8 nitrogen and oxygen atoms in total. The average molecular weight is 335 g/mol. The highest BCUT2D eigenvalue weighted by Crippen LogP contribution is 2.50. The first kappa shape index (κ1) is 20.6. The molecule has 0 unspecified atom stereocenters. The minimum absolute atomic E-state index is 0.0816. The monoisotopic (exact) mass is 335 g/mol. The summed E-state index contributed by atoms with van der Waals surface area (Å²) in [6.45, 7) is 7.82. The lowest BCUT2D eigenvalue weighted by Crippen LogP contribution is -2.10. The molecule has 0 bridgehead atoms. The molecule has 0 heterocycles. The molecular formula is C13H22NO7P. The van der Waals surface area contributed by atoms with Gasteiger partial charge in [-0.25, -0.2) is 14.4 Å². The maximum absolute atomic E-state index is 12.2. The second kappa shape index (κ2) is 12.1. The molecule has 0 amide bonds. The first-order valence-electron chi connectivity index (χ1n) is 6.68. The highest BCUT2D eigenvalue weighted by molar-refractivity contribution is 7.48. The predicted molar refractivity (Wildman–Crippen MR) is 80.8 cm³/mol. The summed E-state index contributed by atoms with van der Waals surface area (Å²) in [5.74, 6) is 0.944. The molecule has 0 N–H and O–H groups in total. The molecule has 0 saturated heterocycles. The Kier molecular flexibility index (Phi) is 11.4. The number of carbonyl (C=O) groups excluding carboxylic acids is 1. The second-order valence-corrected chi connectivity index (χ2v) is 5.15. The maximum Gasteiger partial charge on any atom is 0.530 e. The molecule has 0 aliphatic rings. The Hall–Kier alpha value is -1.43. The molecular weight excluding hydrogens is 313 g/mol. The predicted octanol–water partition coefficient (Wildman–Crippen LogP) is 2.11. The lowest BCUT2D eigenvalue weighted by molar-refractivity contribution is -0.138. The van der Waals surface area contributed by atoms with Gasteiger partial charge in [-0.05, 0) is 13.8 Å². The molecule has 0 aliphatic heterocycles. The molecule has 0 aromatic rings. The standard InChI is InChI=1S/C13H22NO7P/c1-5-9-18-10-8-14-11-12(13(15)17-4)21-22(16,19-6-2)20-7-3/h5H,1,6-10H2,2-4H3. The van der Waals surface area contributed by atoms with Gasteiger partial charge in [0.25, 0.3) is 5.76 Å². The fourth-order valence-corrected chi connectivity index (χ4v) is 2.27. The molecule has 0 aromatic heterocycles. The number of methoxy groups -OCH3 is 1. The summed E-state index contributed by atoms with van der Waals surface area (Å²) < 4.78 is 36.7. The summed E-state index contributed by atoms with van der Waals surface area (Å²) in [5, 5.41) is 0. The van der Waals surface area contributed by atoms with Gasteiger partial charge in [0.2, 0.25) is 0 Å². The highest BCUT2D eigenvalue weighted by Gasteiger charge is 2.31. The topological polar surface area (TPSA) is 92.7 Å². The third kappa shape index (κ3) is 8.77. The lowest BCUT2D eigenvalue weighted by atomic mass is 10.5. The van der Waals surface area contributed by atoms with Crippen LogP contribution < -0.4 is 0 Å². The van der Waals surface area contributed by atoms with Crippen molar-refractivity contribution in [2.24, 2.45) is 4.99 Å². The summed E-state index contributed by atoms with van der Waals surface area (Å²) in [6, 6.07) is 0. The van der Waals surface area contributed by atoms with Crippen LogP contribution in [-0.2, 0) is 32.4 Å². The van der Waals surface area contributed by atoms with Crippen molar-refractivity contribution < 1.29 is 32.4 Å². The SMILES string of the molecule is C=CCOCCN=C=C(OP(=O)(OCC)OCC)C(=O)OC. The minimum Gasteiger partial charge on any atom is -0.463 e. The van der Waals surface area contributed by atoms with E-state index in [0.717, 1.165) is 7.11 Å². The van der Waals surface area contributed by atoms with Gasteiger partial charge in [0, 0.05) is 5.87 Å². The third-order valence-electron chi connectivity index (χ3n) is 1.91. The normalized spacial score (nSPS) is 10.5. The van der Waals surface area contributed by atoms with Crippen LogP contribution >= 0.6 is 7.82 Å². The van der Waals surface area contributed by atoms with Crippen LogP contribution in [0.2, 0.25) is 0 Å². The summed E-state index contributed by atoms with van der Waals surface area (Å²) in [5.41, 5.74) is 0. The van der Waals surface area contributed by atoms with Crippen LogP contribution in [0.3, 0.4) is 0 Å². The van der Waals surface area contributed by atoms with Gasteiger partial charge in [-0.2, -0.15) is 0 Å². The van der Waals surface area contributed by atoms with Crippen LogP contribution in [0, 0.1) is 0 Å². The van der Waals surface area contributed by atoms with E-state index in [9.17, 15) is 9.36 Å². The molecule has 0 spiro atoms. The van der Waals surface area contributed by atoms with Crippen molar-refractivity contribution in [1.29, 1.82) is 0 Å². The number of phosphoric acid groups is 1. The van der Waals surface area contributed by atoms with Gasteiger partial charge in [0.05, 0.1) is 40.1 Å². The fraction of sp³-hybridized carbons (Fsp3) is 0.615. The van der Waals surface area contributed by atoms with E-state index in [2.05, 4.69) is 22.2 Å². The zero-order valence-corrected chi connectivity index (χ0v) is 14.0. The van der Waals surface area contributed by atoms with Gasteiger partial charge < -0.3 is 14.0 Å². The van der Waals surface area contributed by atoms with Gasteiger partial charge in [-0.3, -0.25) is 9.05 Å². The van der Waals surface area contributed by atoms with Crippen molar-refractivity contribution in [3.8, 4) is 0 Å². The number of aliphatic imine (C=N–C) groups is 1. The van der Waals surface area contributed by atoms with Gasteiger partial charge in [-0.15, -0.1) is 6.58 Å². The molecule has 0 radical (unpaired) electrons. The van der Waals surface area contributed by atoms with Crippen molar-refractivity contribution in [2.75, 3.05) is 40.1 Å². The number of esters is 1. The summed E-state index contributed by atoms with van der Waals surface area (Å²) >= 11 is 0. The van der Waals surface area contributed by atoms with Crippen molar-refractivity contribution in [2.45, 2.75) is 13.8 Å². The van der Waals surface area contributed by atoms with Crippen molar-refractivity contribution in [1.82, 2.24) is 0 Å². The Labute approximate surface area is 130 Å². The maximum atomic E-state index is 12.2. The number of hydrogen-bond donors (Lipinski definition) is 0.